The van der Waals surface area contributed by atoms with E-state index in [1.54, 1.807) is 18.5 Å². The van der Waals surface area contributed by atoms with Crippen LogP contribution in [0.3, 0.4) is 0 Å². The van der Waals surface area contributed by atoms with E-state index in [2.05, 4.69) is 9.97 Å². The number of nitrogens with zero attached hydrogens (tertiary/aromatic N) is 2. The third-order valence-electron chi connectivity index (χ3n) is 4.28. The summed E-state index contributed by atoms with van der Waals surface area (Å²) in [6.07, 6.45) is 2.53. The highest BCUT2D eigenvalue weighted by atomic mass is 35.5. The molecule has 0 aliphatic heterocycles. The van der Waals surface area contributed by atoms with Gasteiger partial charge >= 0.3 is 0 Å². The third kappa shape index (κ3) is 3.06. The van der Waals surface area contributed by atoms with E-state index in [1.165, 1.54) is 0 Å². The second kappa shape index (κ2) is 7.04. The van der Waals surface area contributed by atoms with Gasteiger partial charge in [0.15, 0.2) is 0 Å². The molecule has 2 aromatic carbocycles. The molecule has 5 heteroatoms. The number of benzene rings is 2. The Morgan fingerprint density at radius 3 is 2.42 bits per heavy atom. The SMILES string of the molecule is OC(c1cccnc1)c1ccc2nc(Cl)c(-c3ccccc3)c(Cl)c2c1. The molecule has 4 rings (SSSR count). The Kier molecular flexibility index (Phi) is 4.60. The van der Waals surface area contributed by atoms with Gasteiger partial charge in [-0.05, 0) is 29.3 Å². The Labute approximate surface area is 160 Å². The summed E-state index contributed by atoms with van der Waals surface area (Å²) in [7, 11) is 0. The average molecular weight is 381 g/mol. The van der Waals surface area contributed by atoms with E-state index >= 15 is 0 Å². The Balaban J connectivity index is 1.88. The quantitative estimate of drug-likeness (QED) is 0.464. The van der Waals surface area contributed by atoms with E-state index in [4.69, 9.17) is 23.2 Å². The van der Waals surface area contributed by atoms with Crippen LogP contribution in [0.4, 0.5) is 0 Å². The maximum absolute atomic E-state index is 10.7. The van der Waals surface area contributed by atoms with Crippen LogP contribution in [-0.4, -0.2) is 15.1 Å². The third-order valence-corrected chi connectivity index (χ3v) is 4.95. The largest absolute Gasteiger partial charge is 0.384 e. The summed E-state index contributed by atoms with van der Waals surface area (Å²) in [6.45, 7) is 0. The predicted molar refractivity (Wildman–Crippen MR) is 105 cm³/mol. The summed E-state index contributed by atoms with van der Waals surface area (Å²) in [5, 5.41) is 12.3. The van der Waals surface area contributed by atoms with Crippen LogP contribution in [0, 0.1) is 0 Å². The summed E-state index contributed by atoms with van der Waals surface area (Å²) in [5.74, 6) is 0. The molecule has 0 fully saturated rings. The number of hydrogen-bond acceptors (Lipinski definition) is 3. The van der Waals surface area contributed by atoms with Crippen LogP contribution in [0.1, 0.15) is 17.2 Å². The lowest BCUT2D eigenvalue weighted by Crippen LogP contribution is -2.00. The zero-order chi connectivity index (χ0) is 18.1. The van der Waals surface area contributed by atoms with Crippen molar-refractivity contribution in [2.75, 3.05) is 0 Å². The Hall–Kier alpha value is -2.46. The van der Waals surface area contributed by atoms with Gasteiger partial charge < -0.3 is 5.11 Å². The maximum atomic E-state index is 10.7. The zero-order valence-corrected chi connectivity index (χ0v) is 15.1. The van der Waals surface area contributed by atoms with E-state index in [-0.39, 0.29) is 0 Å². The molecule has 0 radical (unpaired) electrons. The van der Waals surface area contributed by atoms with Crippen molar-refractivity contribution in [1.82, 2.24) is 9.97 Å². The number of aromatic nitrogens is 2. The molecule has 0 saturated heterocycles. The Morgan fingerprint density at radius 1 is 0.885 bits per heavy atom. The van der Waals surface area contributed by atoms with Gasteiger partial charge in [0, 0.05) is 28.9 Å². The molecule has 4 aromatic rings. The molecule has 26 heavy (non-hydrogen) atoms. The van der Waals surface area contributed by atoms with E-state index in [9.17, 15) is 5.11 Å². The second-order valence-electron chi connectivity index (χ2n) is 5.92. The molecule has 0 aliphatic carbocycles. The molecule has 0 spiro atoms. The molecule has 0 bridgehead atoms. The first-order chi connectivity index (χ1) is 12.6. The number of halogens is 2. The highest BCUT2D eigenvalue weighted by molar-refractivity contribution is 6.42. The van der Waals surface area contributed by atoms with Crippen molar-refractivity contribution in [3.8, 4) is 11.1 Å². The standard InChI is InChI=1S/C21H14Cl2N2O/c22-19-16-11-14(20(26)15-7-4-10-24-12-15)8-9-17(16)25-21(23)18(19)13-5-2-1-3-6-13/h1-12,20,26H. The first-order valence-electron chi connectivity index (χ1n) is 8.07. The van der Waals surface area contributed by atoms with Crippen LogP contribution < -0.4 is 0 Å². The molecule has 3 nitrogen and oxygen atoms in total. The van der Waals surface area contributed by atoms with Crippen LogP contribution in [0.5, 0.6) is 0 Å². The average Bonchev–Trinajstić information content (AvgIpc) is 2.69. The number of rotatable bonds is 3. The predicted octanol–water partition coefficient (Wildman–Crippen LogP) is 5.69. The molecule has 128 valence electrons. The van der Waals surface area contributed by atoms with Crippen LogP contribution in [0.15, 0.2) is 73.1 Å². The summed E-state index contributed by atoms with van der Waals surface area (Å²) in [5.41, 5.74) is 3.70. The van der Waals surface area contributed by atoms with Crippen molar-refractivity contribution in [2.45, 2.75) is 6.10 Å². The minimum Gasteiger partial charge on any atom is -0.384 e. The number of pyridine rings is 2. The first-order valence-corrected chi connectivity index (χ1v) is 8.83. The first kappa shape index (κ1) is 17.0. The van der Waals surface area contributed by atoms with Crippen LogP contribution >= 0.6 is 23.2 Å². The van der Waals surface area contributed by atoms with E-state index in [0.29, 0.717) is 26.8 Å². The van der Waals surface area contributed by atoms with Crippen LogP contribution in [0.25, 0.3) is 22.0 Å². The number of hydrogen-bond donors (Lipinski definition) is 1. The molecule has 2 heterocycles. The fourth-order valence-electron chi connectivity index (χ4n) is 2.96. The fourth-order valence-corrected chi connectivity index (χ4v) is 3.66. The van der Waals surface area contributed by atoms with Gasteiger partial charge in [0.05, 0.1) is 10.5 Å². The lowest BCUT2D eigenvalue weighted by molar-refractivity contribution is 0.220. The van der Waals surface area contributed by atoms with Crippen molar-refractivity contribution < 1.29 is 5.11 Å². The van der Waals surface area contributed by atoms with Crippen molar-refractivity contribution >= 4 is 34.1 Å². The lowest BCUT2D eigenvalue weighted by atomic mass is 9.99. The molecule has 1 unspecified atom stereocenters. The Morgan fingerprint density at radius 2 is 1.69 bits per heavy atom. The van der Waals surface area contributed by atoms with Crippen LogP contribution in [0.2, 0.25) is 10.2 Å². The van der Waals surface area contributed by atoms with E-state index < -0.39 is 6.10 Å². The van der Waals surface area contributed by atoms with E-state index in [1.807, 2.05) is 54.6 Å². The van der Waals surface area contributed by atoms with Crippen LogP contribution in [-0.2, 0) is 0 Å². The summed E-state index contributed by atoms with van der Waals surface area (Å²) >= 11 is 13.1. The molecule has 1 atom stereocenters. The van der Waals surface area contributed by atoms with Gasteiger partial charge in [-0.25, -0.2) is 4.98 Å². The molecule has 0 saturated carbocycles. The van der Waals surface area contributed by atoms with Gasteiger partial charge in [-0.1, -0.05) is 65.7 Å². The van der Waals surface area contributed by atoms with Crippen molar-refractivity contribution in [3.63, 3.8) is 0 Å². The number of aliphatic hydroxyl groups is 1. The van der Waals surface area contributed by atoms with Gasteiger partial charge in [0.25, 0.3) is 0 Å². The lowest BCUT2D eigenvalue weighted by Gasteiger charge is -2.14. The van der Waals surface area contributed by atoms with Crippen molar-refractivity contribution in [2.24, 2.45) is 0 Å². The van der Waals surface area contributed by atoms with Gasteiger partial charge in [0.2, 0.25) is 0 Å². The highest BCUT2D eigenvalue weighted by Gasteiger charge is 2.17. The van der Waals surface area contributed by atoms with Crippen molar-refractivity contribution in [1.29, 1.82) is 0 Å². The molecular weight excluding hydrogens is 367 g/mol. The normalized spacial score (nSPS) is 12.3. The second-order valence-corrected chi connectivity index (χ2v) is 6.66. The molecule has 0 aliphatic rings. The summed E-state index contributed by atoms with van der Waals surface area (Å²) < 4.78 is 0. The highest BCUT2D eigenvalue weighted by Crippen LogP contribution is 2.39. The van der Waals surface area contributed by atoms with Gasteiger partial charge in [-0.2, -0.15) is 0 Å². The maximum Gasteiger partial charge on any atom is 0.139 e. The molecule has 1 N–H and O–H groups in total. The summed E-state index contributed by atoms with van der Waals surface area (Å²) in [6, 6.07) is 18.8. The minimum atomic E-state index is -0.792. The zero-order valence-electron chi connectivity index (χ0n) is 13.6. The van der Waals surface area contributed by atoms with Gasteiger partial charge in [-0.3, -0.25) is 4.98 Å². The molecule has 2 aromatic heterocycles. The number of fused-ring (bicyclic) bond motifs is 1. The molecular formula is C21H14Cl2N2O. The summed E-state index contributed by atoms with van der Waals surface area (Å²) in [4.78, 5) is 8.53. The van der Waals surface area contributed by atoms with Crippen molar-refractivity contribution in [3.05, 3.63) is 94.4 Å². The topological polar surface area (TPSA) is 46.0 Å². The Bertz CT molecular complexity index is 1070. The minimum absolute atomic E-state index is 0.356. The van der Waals surface area contributed by atoms with Gasteiger partial charge in [-0.15, -0.1) is 0 Å². The number of aliphatic hydroxyl groups excluding tert-OH is 1. The smallest absolute Gasteiger partial charge is 0.139 e. The van der Waals surface area contributed by atoms with E-state index in [0.717, 1.165) is 16.5 Å². The fraction of sp³-hybridized carbons (Fsp3) is 0.0476. The van der Waals surface area contributed by atoms with Gasteiger partial charge in [0.1, 0.15) is 11.3 Å². The molecule has 0 amide bonds. The monoisotopic (exact) mass is 380 g/mol.